The van der Waals surface area contributed by atoms with Crippen LogP contribution >= 0.6 is 11.6 Å². The molecule has 94 valence electrons. The molecular formula is C12H13ClF3N. The third-order valence-corrected chi connectivity index (χ3v) is 3.54. The zero-order valence-corrected chi connectivity index (χ0v) is 10.1. The molecule has 0 aliphatic carbocycles. The van der Waals surface area contributed by atoms with Crippen molar-refractivity contribution in [1.29, 1.82) is 0 Å². The molecule has 1 aliphatic rings. The van der Waals surface area contributed by atoms with Gasteiger partial charge in [0, 0.05) is 11.1 Å². The normalized spacial score (nSPS) is 25.2. The van der Waals surface area contributed by atoms with Gasteiger partial charge >= 0.3 is 6.18 Å². The zero-order valence-electron chi connectivity index (χ0n) is 9.31. The van der Waals surface area contributed by atoms with E-state index in [9.17, 15) is 13.2 Å². The Morgan fingerprint density at radius 1 is 1.35 bits per heavy atom. The summed E-state index contributed by atoms with van der Waals surface area (Å²) in [5, 5.41) is 3.58. The summed E-state index contributed by atoms with van der Waals surface area (Å²) in [6.07, 6.45) is -3.36. The van der Waals surface area contributed by atoms with Crippen LogP contribution in [0.15, 0.2) is 18.2 Å². The lowest BCUT2D eigenvalue weighted by molar-refractivity contribution is -0.137. The van der Waals surface area contributed by atoms with Gasteiger partial charge in [-0.1, -0.05) is 18.5 Å². The summed E-state index contributed by atoms with van der Waals surface area (Å²) in [5.74, 6) is 0.302. The average molecular weight is 264 g/mol. The van der Waals surface area contributed by atoms with Gasteiger partial charge in [-0.25, -0.2) is 0 Å². The second kappa shape index (κ2) is 4.50. The van der Waals surface area contributed by atoms with Crippen molar-refractivity contribution in [2.24, 2.45) is 5.92 Å². The average Bonchev–Trinajstić information content (AvgIpc) is 2.63. The Hall–Kier alpha value is -0.740. The van der Waals surface area contributed by atoms with Gasteiger partial charge in [0.2, 0.25) is 0 Å². The first-order chi connectivity index (χ1) is 7.89. The fourth-order valence-electron chi connectivity index (χ4n) is 2.21. The quantitative estimate of drug-likeness (QED) is 0.807. The van der Waals surface area contributed by atoms with Gasteiger partial charge in [-0.2, -0.15) is 13.2 Å². The minimum Gasteiger partial charge on any atom is -0.310 e. The van der Waals surface area contributed by atoms with E-state index in [1.165, 1.54) is 6.07 Å². The van der Waals surface area contributed by atoms with E-state index >= 15 is 0 Å². The first-order valence-electron chi connectivity index (χ1n) is 5.49. The minimum atomic E-state index is -4.32. The van der Waals surface area contributed by atoms with E-state index in [-0.39, 0.29) is 6.04 Å². The summed E-state index contributed by atoms with van der Waals surface area (Å²) in [4.78, 5) is 0. The molecule has 1 heterocycles. The maximum atomic E-state index is 12.6. The van der Waals surface area contributed by atoms with E-state index in [0.717, 1.165) is 25.1 Å². The lowest BCUT2D eigenvalue weighted by Gasteiger charge is -2.19. The van der Waals surface area contributed by atoms with Gasteiger partial charge in [-0.05, 0) is 42.6 Å². The highest BCUT2D eigenvalue weighted by molar-refractivity contribution is 6.31. The van der Waals surface area contributed by atoms with Gasteiger partial charge in [-0.3, -0.25) is 0 Å². The molecule has 1 nitrogen and oxygen atoms in total. The highest BCUT2D eigenvalue weighted by Gasteiger charge is 2.33. The summed E-state index contributed by atoms with van der Waals surface area (Å²) < 4.78 is 37.9. The van der Waals surface area contributed by atoms with Gasteiger partial charge in [0.25, 0.3) is 0 Å². The van der Waals surface area contributed by atoms with Crippen molar-refractivity contribution in [3.8, 4) is 0 Å². The predicted molar refractivity (Wildman–Crippen MR) is 61.0 cm³/mol. The molecule has 17 heavy (non-hydrogen) atoms. The lowest BCUT2D eigenvalue weighted by Crippen LogP contribution is -2.18. The van der Waals surface area contributed by atoms with Crippen LogP contribution in [0.25, 0.3) is 0 Å². The van der Waals surface area contributed by atoms with E-state index in [0.29, 0.717) is 16.5 Å². The molecule has 0 aromatic heterocycles. The van der Waals surface area contributed by atoms with E-state index in [4.69, 9.17) is 11.6 Å². The Morgan fingerprint density at radius 2 is 2.06 bits per heavy atom. The number of rotatable bonds is 1. The molecule has 2 atom stereocenters. The van der Waals surface area contributed by atoms with Gasteiger partial charge in [0.1, 0.15) is 0 Å². The molecule has 2 unspecified atom stereocenters. The Bertz CT molecular complexity index is 417. The van der Waals surface area contributed by atoms with E-state index < -0.39 is 11.7 Å². The molecule has 1 aromatic carbocycles. The minimum absolute atomic E-state index is 0.0789. The van der Waals surface area contributed by atoms with Crippen LogP contribution in [-0.2, 0) is 6.18 Å². The Kier molecular flexibility index (Phi) is 3.36. The molecule has 0 saturated carbocycles. The van der Waals surface area contributed by atoms with Crippen molar-refractivity contribution in [2.45, 2.75) is 25.6 Å². The smallest absolute Gasteiger partial charge is 0.310 e. The highest BCUT2D eigenvalue weighted by atomic mass is 35.5. The van der Waals surface area contributed by atoms with E-state index in [2.05, 4.69) is 5.32 Å². The van der Waals surface area contributed by atoms with Crippen LogP contribution in [0.3, 0.4) is 0 Å². The molecule has 1 aliphatic heterocycles. The van der Waals surface area contributed by atoms with E-state index in [1.807, 2.05) is 6.92 Å². The fourth-order valence-corrected chi connectivity index (χ4v) is 2.44. The van der Waals surface area contributed by atoms with Crippen LogP contribution < -0.4 is 5.32 Å². The first-order valence-corrected chi connectivity index (χ1v) is 5.87. The molecule has 1 fully saturated rings. The largest absolute Gasteiger partial charge is 0.416 e. The SMILES string of the molecule is CC1CCNC1c1cc(C(F)(F)F)ccc1Cl. The third kappa shape index (κ3) is 2.58. The van der Waals surface area contributed by atoms with Crippen LogP contribution in [0.5, 0.6) is 0 Å². The maximum Gasteiger partial charge on any atom is 0.416 e. The molecule has 2 rings (SSSR count). The summed E-state index contributed by atoms with van der Waals surface area (Å²) in [5.41, 5.74) is -0.0932. The molecule has 0 amide bonds. The lowest BCUT2D eigenvalue weighted by atomic mass is 9.94. The molecule has 0 radical (unpaired) electrons. The fraction of sp³-hybridized carbons (Fsp3) is 0.500. The zero-order chi connectivity index (χ0) is 12.6. The molecule has 1 N–H and O–H groups in total. The maximum absolute atomic E-state index is 12.6. The molecule has 5 heteroatoms. The Balaban J connectivity index is 2.39. The van der Waals surface area contributed by atoms with Crippen molar-refractivity contribution in [1.82, 2.24) is 5.32 Å². The number of alkyl halides is 3. The highest BCUT2D eigenvalue weighted by Crippen LogP contribution is 2.37. The van der Waals surface area contributed by atoms with Gasteiger partial charge < -0.3 is 5.32 Å². The van der Waals surface area contributed by atoms with Crippen molar-refractivity contribution < 1.29 is 13.2 Å². The van der Waals surface area contributed by atoms with Crippen LogP contribution in [0.4, 0.5) is 13.2 Å². The second-order valence-electron chi connectivity index (χ2n) is 4.43. The Morgan fingerprint density at radius 3 is 2.59 bits per heavy atom. The summed E-state index contributed by atoms with van der Waals surface area (Å²) in [7, 11) is 0. The van der Waals surface area contributed by atoms with Crippen molar-refractivity contribution in [2.75, 3.05) is 6.54 Å². The predicted octanol–water partition coefficient (Wildman–Crippen LogP) is 4.03. The topological polar surface area (TPSA) is 12.0 Å². The summed E-state index contributed by atoms with van der Waals surface area (Å²) in [6.45, 7) is 2.83. The van der Waals surface area contributed by atoms with Gasteiger partial charge in [0.15, 0.2) is 0 Å². The summed E-state index contributed by atoms with van der Waals surface area (Å²) in [6, 6.07) is 3.42. The van der Waals surface area contributed by atoms with Crippen LogP contribution in [0, 0.1) is 5.92 Å². The van der Waals surface area contributed by atoms with Crippen molar-refractivity contribution in [3.63, 3.8) is 0 Å². The van der Waals surface area contributed by atoms with Crippen LogP contribution in [0.2, 0.25) is 5.02 Å². The Labute approximate surface area is 103 Å². The van der Waals surface area contributed by atoms with Gasteiger partial charge in [-0.15, -0.1) is 0 Å². The van der Waals surface area contributed by atoms with Gasteiger partial charge in [0.05, 0.1) is 5.56 Å². The number of hydrogen-bond acceptors (Lipinski definition) is 1. The number of nitrogens with one attached hydrogen (secondary N) is 1. The molecule has 1 saturated heterocycles. The molecule has 1 aromatic rings. The van der Waals surface area contributed by atoms with Crippen LogP contribution in [-0.4, -0.2) is 6.54 Å². The molecular weight excluding hydrogens is 251 g/mol. The summed E-state index contributed by atoms with van der Waals surface area (Å²) >= 11 is 5.98. The molecule has 0 bridgehead atoms. The van der Waals surface area contributed by atoms with Crippen molar-refractivity contribution >= 4 is 11.6 Å². The number of hydrogen-bond donors (Lipinski definition) is 1. The third-order valence-electron chi connectivity index (χ3n) is 3.19. The first kappa shape index (κ1) is 12.7. The van der Waals surface area contributed by atoms with Crippen molar-refractivity contribution in [3.05, 3.63) is 34.3 Å². The monoisotopic (exact) mass is 263 g/mol. The number of benzene rings is 1. The number of halogens is 4. The second-order valence-corrected chi connectivity index (χ2v) is 4.84. The van der Waals surface area contributed by atoms with Crippen LogP contribution in [0.1, 0.15) is 30.5 Å². The standard InChI is InChI=1S/C12H13ClF3N/c1-7-4-5-17-11(7)9-6-8(12(14,15)16)2-3-10(9)13/h2-3,6-7,11,17H,4-5H2,1H3. The van der Waals surface area contributed by atoms with E-state index in [1.54, 1.807) is 0 Å². The molecule has 0 spiro atoms.